The maximum absolute atomic E-state index is 13.0. The van der Waals surface area contributed by atoms with Crippen LogP contribution in [0.5, 0.6) is 5.88 Å². The van der Waals surface area contributed by atoms with Crippen molar-refractivity contribution >= 4 is 5.91 Å². The third kappa shape index (κ3) is 3.12. The molecule has 0 saturated carbocycles. The van der Waals surface area contributed by atoms with E-state index in [0.717, 1.165) is 12.3 Å². The molecule has 0 atom stereocenters. The summed E-state index contributed by atoms with van der Waals surface area (Å²) >= 11 is 0. The Bertz CT molecular complexity index is 650. The van der Waals surface area contributed by atoms with E-state index >= 15 is 0 Å². The summed E-state index contributed by atoms with van der Waals surface area (Å²) in [6.07, 6.45) is -3.53. The van der Waals surface area contributed by atoms with Gasteiger partial charge in [0, 0.05) is 6.07 Å². The molecule has 0 aromatic carbocycles. The lowest BCUT2D eigenvalue weighted by molar-refractivity contribution is -0.142. The highest BCUT2D eigenvalue weighted by Gasteiger charge is 2.36. The third-order valence-electron chi connectivity index (χ3n) is 2.51. The van der Waals surface area contributed by atoms with Crippen LogP contribution in [0.15, 0.2) is 24.4 Å². The van der Waals surface area contributed by atoms with Gasteiger partial charge in [0.2, 0.25) is 5.88 Å². The van der Waals surface area contributed by atoms with Gasteiger partial charge in [-0.2, -0.15) is 13.2 Å². The summed E-state index contributed by atoms with van der Waals surface area (Å²) in [7, 11) is 0. The number of nitrogens with two attached hydrogens (primary N) is 1. The van der Waals surface area contributed by atoms with Crippen molar-refractivity contribution < 1.29 is 22.7 Å². The maximum Gasteiger partial charge on any atom is 0.433 e. The third-order valence-corrected chi connectivity index (χ3v) is 2.51. The Hall–Kier alpha value is -2.58. The monoisotopic (exact) mass is 300 g/mol. The molecule has 6 nitrogen and oxygen atoms in total. The van der Waals surface area contributed by atoms with E-state index in [2.05, 4.69) is 10.1 Å². The van der Waals surface area contributed by atoms with Gasteiger partial charge < -0.3 is 10.5 Å². The summed E-state index contributed by atoms with van der Waals surface area (Å²) in [5.41, 5.74) is 4.01. The SMILES string of the molecule is CCOc1cc(C(F)(F)F)n(-c2ccc(C(N)=O)nc2)n1. The molecule has 0 aliphatic rings. The van der Waals surface area contributed by atoms with Gasteiger partial charge in [-0.3, -0.25) is 4.79 Å². The fourth-order valence-corrected chi connectivity index (χ4v) is 1.63. The summed E-state index contributed by atoms with van der Waals surface area (Å²) in [5.74, 6) is -0.920. The summed E-state index contributed by atoms with van der Waals surface area (Å²) in [4.78, 5) is 14.6. The molecule has 0 saturated heterocycles. The number of aromatic nitrogens is 3. The van der Waals surface area contributed by atoms with Gasteiger partial charge in [0.05, 0.1) is 18.5 Å². The van der Waals surface area contributed by atoms with Crippen LogP contribution in [0.2, 0.25) is 0 Å². The molecule has 0 aliphatic heterocycles. The second-order valence-corrected chi connectivity index (χ2v) is 3.98. The lowest BCUT2D eigenvalue weighted by Gasteiger charge is -2.09. The van der Waals surface area contributed by atoms with Crippen molar-refractivity contribution in [2.24, 2.45) is 5.73 Å². The number of nitrogens with zero attached hydrogens (tertiary/aromatic N) is 3. The molecule has 21 heavy (non-hydrogen) atoms. The first-order valence-electron chi connectivity index (χ1n) is 5.89. The number of hydrogen-bond acceptors (Lipinski definition) is 4. The molecule has 2 heterocycles. The molecule has 2 N–H and O–H groups in total. The van der Waals surface area contributed by atoms with Crippen molar-refractivity contribution in [2.75, 3.05) is 6.61 Å². The molecular formula is C12H11F3N4O2. The number of primary amides is 1. The lowest BCUT2D eigenvalue weighted by atomic mass is 10.3. The quantitative estimate of drug-likeness (QED) is 0.933. The van der Waals surface area contributed by atoms with Crippen LogP contribution < -0.4 is 10.5 Å². The van der Waals surface area contributed by atoms with Crippen LogP contribution in [0, 0.1) is 0 Å². The van der Waals surface area contributed by atoms with Crippen molar-refractivity contribution in [2.45, 2.75) is 13.1 Å². The van der Waals surface area contributed by atoms with Crippen LogP contribution in [0.3, 0.4) is 0 Å². The molecule has 0 fully saturated rings. The predicted molar refractivity (Wildman–Crippen MR) is 66.0 cm³/mol. The number of pyridine rings is 1. The number of carbonyl (C=O) groups is 1. The van der Waals surface area contributed by atoms with Crippen molar-refractivity contribution in [1.29, 1.82) is 0 Å². The zero-order chi connectivity index (χ0) is 15.6. The largest absolute Gasteiger partial charge is 0.477 e. The number of rotatable bonds is 4. The van der Waals surface area contributed by atoms with Crippen LogP contribution in [0.4, 0.5) is 13.2 Å². The molecule has 9 heteroatoms. The number of ether oxygens (including phenoxy) is 1. The number of amides is 1. The average molecular weight is 300 g/mol. The Kier molecular flexibility index (Phi) is 3.83. The molecule has 0 radical (unpaired) electrons. The van der Waals surface area contributed by atoms with Crippen LogP contribution in [0.1, 0.15) is 23.1 Å². The van der Waals surface area contributed by atoms with Gasteiger partial charge in [-0.1, -0.05) is 0 Å². The summed E-state index contributed by atoms with van der Waals surface area (Å²) < 4.78 is 44.6. The molecule has 1 amide bonds. The van der Waals surface area contributed by atoms with Crippen LogP contribution >= 0.6 is 0 Å². The van der Waals surface area contributed by atoms with Crippen LogP contribution in [-0.4, -0.2) is 27.3 Å². The topological polar surface area (TPSA) is 83.0 Å². The van der Waals surface area contributed by atoms with Crippen molar-refractivity contribution in [1.82, 2.24) is 14.8 Å². The van der Waals surface area contributed by atoms with E-state index in [1.165, 1.54) is 12.1 Å². The Morgan fingerprint density at radius 3 is 2.62 bits per heavy atom. The Labute approximate surface area is 117 Å². The van der Waals surface area contributed by atoms with E-state index in [-0.39, 0.29) is 23.9 Å². The first-order valence-corrected chi connectivity index (χ1v) is 5.89. The van der Waals surface area contributed by atoms with Crippen LogP contribution in [-0.2, 0) is 6.18 Å². The van der Waals surface area contributed by atoms with Gasteiger partial charge in [-0.25, -0.2) is 9.67 Å². The normalized spacial score (nSPS) is 11.4. The standard InChI is InChI=1S/C12H11F3N4O2/c1-2-21-10-5-9(12(13,14)15)19(18-10)7-3-4-8(11(16)20)17-6-7/h3-6H,2H2,1H3,(H2,16,20). The van der Waals surface area contributed by atoms with Crippen molar-refractivity contribution in [3.8, 4) is 11.6 Å². The lowest BCUT2D eigenvalue weighted by Crippen LogP contribution is -2.15. The van der Waals surface area contributed by atoms with Crippen LogP contribution in [0.25, 0.3) is 5.69 Å². The Morgan fingerprint density at radius 1 is 1.43 bits per heavy atom. The van der Waals surface area contributed by atoms with E-state index in [9.17, 15) is 18.0 Å². The van der Waals surface area contributed by atoms with Gasteiger partial charge in [-0.05, 0) is 19.1 Å². The number of carbonyl (C=O) groups excluding carboxylic acids is 1. The average Bonchev–Trinajstić information content (AvgIpc) is 2.83. The minimum atomic E-state index is -4.61. The second kappa shape index (κ2) is 5.43. The first-order chi connectivity index (χ1) is 9.82. The Morgan fingerprint density at radius 2 is 2.14 bits per heavy atom. The van der Waals surface area contributed by atoms with Gasteiger partial charge in [0.1, 0.15) is 5.69 Å². The number of halogens is 3. The van der Waals surface area contributed by atoms with Gasteiger partial charge in [0.15, 0.2) is 5.69 Å². The Balaban J connectivity index is 2.48. The van der Waals surface area contributed by atoms with Gasteiger partial charge in [-0.15, -0.1) is 5.10 Å². The van der Waals surface area contributed by atoms with Crippen molar-refractivity contribution in [3.63, 3.8) is 0 Å². The second-order valence-electron chi connectivity index (χ2n) is 3.98. The summed E-state index contributed by atoms with van der Waals surface area (Å²) in [5, 5.41) is 3.73. The van der Waals surface area contributed by atoms with Gasteiger partial charge >= 0.3 is 6.18 Å². The van der Waals surface area contributed by atoms with E-state index in [4.69, 9.17) is 10.5 Å². The number of alkyl halides is 3. The van der Waals surface area contributed by atoms with E-state index in [1.54, 1.807) is 6.92 Å². The summed E-state index contributed by atoms with van der Waals surface area (Å²) in [6, 6.07) is 3.29. The smallest absolute Gasteiger partial charge is 0.433 e. The highest BCUT2D eigenvalue weighted by atomic mass is 19.4. The highest BCUT2D eigenvalue weighted by Crippen LogP contribution is 2.33. The fraction of sp³-hybridized carbons (Fsp3) is 0.250. The molecule has 2 aromatic rings. The highest BCUT2D eigenvalue weighted by molar-refractivity contribution is 5.90. The van der Waals surface area contributed by atoms with E-state index < -0.39 is 17.8 Å². The zero-order valence-corrected chi connectivity index (χ0v) is 10.9. The fourth-order valence-electron chi connectivity index (χ4n) is 1.63. The maximum atomic E-state index is 13.0. The summed E-state index contributed by atoms with van der Waals surface area (Å²) in [6.45, 7) is 1.82. The molecular weight excluding hydrogens is 289 g/mol. The van der Waals surface area contributed by atoms with E-state index in [1.807, 2.05) is 0 Å². The molecule has 112 valence electrons. The molecule has 0 spiro atoms. The van der Waals surface area contributed by atoms with Gasteiger partial charge in [0.25, 0.3) is 5.91 Å². The van der Waals surface area contributed by atoms with E-state index in [0.29, 0.717) is 4.68 Å². The van der Waals surface area contributed by atoms with Crippen molar-refractivity contribution in [3.05, 3.63) is 35.8 Å². The molecule has 2 rings (SSSR count). The minimum Gasteiger partial charge on any atom is -0.477 e. The predicted octanol–water partition coefficient (Wildman–Crippen LogP) is 1.78. The zero-order valence-electron chi connectivity index (χ0n) is 10.9. The molecule has 0 bridgehead atoms. The molecule has 0 aliphatic carbocycles. The minimum absolute atomic E-state index is 0.0401. The molecule has 2 aromatic heterocycles. The first kappa shape index (κ1) is 14.8. The number of hydrogen-bond donors (Lipinski definition) is 1. The molecule has 0 unspecified atom stereocenters.